The molecule has 0 bridgehead atoms. The van der Waals surface area contributed by atoms with Crippen LogP contribution >= 0.6 is 0 Å². The SMILES string of the molecule is CCCCOc1ccc(-c2c(C)c3cc(OCCCC)ccc3n2Cc2ccc(OCCOS(C)(=O)=O)cc2)cc1. The number of nitrogens with zero attached hydrogens (tertiary/aromatic N) is 1. The van der Waals surface area contributed by atoms with E-state index in [1.54, 1.807) is 0 Å². The van der Waals surface area contributed by atoms with Crippen LogP contribution in [0.25, 0.3) is 22.2 Å². The first-order valence-corrected chi connectivity index (χ1v) is 16.2. The Balaban J connectivity index is 1.61. The van der Waals surface area contributed by atoms with Crippen molar-refractivity contribution in [3.05, 3.63) is 77.9 Å². The third-order valence-corrected chi connectivity index (χ3v) is 7.46. The van der Waals surface area contributed by atoms with Gasteiger partial charge in [-0.05, 0) is 91.1 Å². The van der Waals surface area contributed by atoms with Crippen LogP contribution in [0.4, 0.5) is 0 Å². The molecule has 0 unspecified atom stereocenters. The molecule has 0 aliphatic rings. The minimum atomic E-state index is -3.48. The van der Waals surface area contributed by atoms with Crippen LogP contribution in [0.5, 0.6) is 17.2 Å². The molecule has 220 valence electrons. The van der Waals surface area contributed by atoms with E-state index in [9.17, 15) is 8.42 Å². The van der Waals surface area contributed by atoms with Crippen molar-refractivity contribution >= 4 is 21.0 Å². The third-order valence-electron chi connectivity index (χ3n) is 6.86. The van der Waals surface area contributed by atoms with Crippen LogP contribution in [0.1, 0.15) is 50.7 Å². The lowest BCUT2D eigenvalue weighted by atomic mass is 10.1. The molecule has 0 saturated heterocycles. The maximum atomic E-state index is 11.1. The normalized spacial score (nSPS) is 11.6. The van der Waals surface area contributed by atoms with Crippen molar-refractivity contribution in [1.82, 2.24) is 4.57 Å². The molecule has 0 spiro atoms. The van der Waals surface area contributed by atoms with E-state index in [1.807, 2.05) is 36.4 Å². The van der Waals surface area contributed by atoms with E-state index in [4.69, 9.17) is 18.4 Å². The molecule has 1 heterocycles. The van der Waals surface area contributed by atoms with Gasteiger partial charge in [-0.1, -0.05) is 38.8 Å². The molecule has 0 atom stereocenters. The lowest BCUT2D eigenvalue weighted by Gasteiger charge is -2.14. The number of hydrogen-bond donors (Lipinski definition) is 0. The molecule has 41 heavy (non-hydrogen) atoms. The van der Waals surface area contributed by atoms with Gasteiger partial charge >= 0.3 is 0 Å². The average molecular weight is 580 g/mol. The summed E-state index contributed by atoms with van der Waals surface area (Å²) < 4.78 is 47.0. The van der Waals surface area contributed by atoms with E-state index in [2.05, 4.69) is 55.7 Å². The minimum Gasteiger partial charge on any atom is -0.494 e. The fourth-order valence-electron chi connectivity index (χ4n) is 4.72. The zero-order valence-corrected chi connectivity index (χ0v) is 25.3. The fourth-order valence-corrected chi connectivity index (χ4v) is 5.09. The Morgan fingerprint density at radius 3 is 1.88 bits per heavy atom. The summed E-state index contributed by atoms with van der Waals surface area (Å²) >= 11 is 0. The molecule has 0 amide bonds. The minimum absolute atomic E-state index is 0.0227. The van der Waals surface area contributed by atoms with E-state index in [0.717, 1.165) is 72.4 Å². The summed E-state index contributed by atoms with van der Waals surface area (Å²) in [7, 11) is -3.48. The second-order valence-electron chi connectivity index (χ2n) is 10.2. The number of hydrogen-bond acceptors (Lipinski definition) is 6. The Morgan fingerprint density at radius 2 is 1.27 bits per heavy atom. The van der Waals surface area contributed by atoms with Crippen LogP contribution in [0.2, 0.25) is 0 Å². The zero-order valence-electron chi connectivity index (χ0n) is 24.5. The number of rotatable bonds is 16. The van der Waals surface area contributed by atoms with Gasteiger partial charge in [-0.3, -0.25) is 4.18 Å². The molecule has 0 fully saturated rings. The molecular weight excluding hydrogens is 538 g/mol. The van der Waals surface area contributed by atoms with Gasteiger partial charge in [0, 0.05) is 17.4 Å². The van der Waals surface area contributed by atoms with Gasteiger partial charge in [-0.2, -0.15) is 8.42 Å². The van der Waals surface area contributed by atoms with E-state index in [1.165, 1.54) is 10.9 Å². The first-order valence-electron chi connectivity index (χ1n) is 14.3. The summed E-state index contributed by atoms with van der Waals surface area (Å²) in [5, 5.41) is 1.17. The monoisotopic (exact) mass is 579 g/mol. The number of unbranched alkanes of at least 4 members (excludes halogenated alkanes) is 2. The van der Waals surface area contributed by atoms with Gasteiger partial charge in [0.2, 0.25) is 0 Å². The molecule has 0 aliphatic heterocycles. The van der Waals surface area contributed by atoms with E-state index in [0.29, 0.717) is 18.9 Å². The van der Waals surface area contributed by atoms with Crippen LogP contribution in [0.15, 0.2) is 66.7 Å². The van der Waals surface area contributed by atoms with Crippen LogP contribution < -0.4 is 14.2 Å². The Labute approximate surface area is 244 Å². The van der Waals surface area contributed by atoms with Gasteiger partial charge in [0.15, 0.2) is 0 Å². The third kappa shape index (κ3) is 8.50. The lowest BCUT2D eigenvalue weighted by molar-refractivity contribution is 0.222. The van der Waals surface area contributed by atoms with Gasteiger partial charge in [-0.15, -0.1) is 0 Å². The van der Waals surface area contributed by atoms with Gasteiger partial charge < -0.3 is 18.8 Å². The number of aryl methyl sites for hydroxylation is 1. The molecule has 3 aromatic carbocycles. The Hall–Kier alpha value is -3.49. The summed E-state index contributed by atoms with van der Waals surface area (Å²) in [5.74, 6) is 2.43. The summed E-state index contributed by atoms with van der Waals surface area (Å²) in [6.07, 6.45) is 5.29. The summed E-state index contributed by atoms with van der Waals surface area (Å²) in [5.41, 5.74) is 5.74. The molecule has 4 rings (SSSR count). The highest BCUT2D eigenvalue weighted by Gasteiger charge is 2.17. The highest BCUT2D eigenvalue weighted by atomic mass is 32.2. The largest absolute Gasteiger partial charge is 0.494 e. The van der Waals surface area contributed by atoms with Crippen molar-refractivity contribution < 1.29 is 26.8 Å². The van der Waals surface area contributed by atoms with Crippen molar-refractivity contribution in [2.24, 2.45) is 0 Å². The first kappa shape index (κ1) is 30.5. The van der Waals surface area contributed by atoms with Crippen molar-refractivity contribution in [1.29, 1.82) is 0 Å². The molecule has 0 saturated carbocycles. The first-order chi connectivity index (χ1) is 19.8. The van der Waals surface area contributed by atoms with Crippen molar-refractivity contribution in [2.45, 2.75) is 53.0 Å². The summed E-state index contributed by atoms with van der Waals surface area (Å²) in [4.78, 5) is 0. The predicted octanol–water partition coefficient (Wildman–Crippen LogP) is 7.38. The lowest BCUT2D eigenvalue weighted by Crippen LogP contribution is -2.11. The van der Waals surface area contributed by atoms with Gasteiger partial charge in [0.25, 0.3) is 10.1 Å². The van der Waals surface area contributed by atoms with Crippen LogP contribution in [-0.2, 0) is 20.8 Å². The van der Waals surface area contributed by atoms with Gasteiger partial charge in [0.05, 0.1) is 25.2 Å². The molecule has 7 nitrogen and oxygen atoms in total. The summed E-state index contributed by atoms with van der Waals surface area (Å²) in [6.45, 7) is 8.72. The molecule has 1 aromatic heterocycles. The van der Waals surface area contributed by atoms with Crippen molar-refractivity contribution in [3.63, 3.8) is 0 Å². The molecule has 4 aromatic rings. The second-order valence-corrected chi connectivity index (χ2v) is 11.8. The average Bonchev–Trinajstić information content (AvgIpc) is 3.22. The molecular formula is C33H41NO6S. The number of ether oxygens (including phenoxy) is 3. The Morgan fingerprint density at radius 1 is 0.707 bits per heavy atom. The number of aromatic nitrogens is 1. The number of benzene rings is 3. The molecule has 0 N–H and O–H groups in total. The second kappa shape index (κ2) is 14.4. The van der Waals surface area contributed by atoms with Crippen LogP contribution in [-0.4, -0.2) is 45.7 Å². The fraction of sp³-hybridized carbons (Fsp3) is 0.394. The smallest absolute Gasteiger partial charge is 0.264 e. The van der Waals surface area contributed by atoms with Crippen LogP contribution in [0.3, 0.4) is 0 Å². The highest BCUT2D eigenvalue weighted by Crippen LogP contribution is 2.36. The van der Waals surface area contributed by atoms with Gasteiger partial charge in [-0.25, -0.2) is 0 Å². The number of fused-ring (bicyclic) bond motifs is 1. The van der Waals surface area contributed by atoms with E-state index >= 15 is 0 Å². The Bertz CT molecular complexity index is 1510. The van der Waals surface area contributed by atoms with Crippen molar-refractivity contribution in [3.8, 4) is 28.5 Å². The highest BCUT2D eigenvalue weighted by molar-refractivity contribution is 7.85. The predicted molar refractivity (Wildman–Crippen MR) is 165 cm³/mol. The standard InChI is InChI=1S/C33H41NO6S/c1-5-7-19-37-29-15-11-27(12-16-29)33-25(3)31-23-30(38-20-8-6-2)17-18-32(31)34(33)24-26-9-13-28(14-10-26)39-21-22-40-41(4,35)36/h9-18,23H,5-8,19-22,24H2,1-4H3. The Kier molecular flexibility index (Phi) is 10.7. The zero-order chi connectivity index (χ0) is 29.2. The van der Waals surface area contributed by atoms with E-state index in [-0.39, 0.29) is 13.2 Å². The maximum absolute atomic E-state index is 11.1. The quantitative estimate of drug-likeness (QED) is 0.102. The molecule has 0 aliphatic carbocycles. The summed E-state index contributed by atoms with van der Waals surface area (Å²) in [6, 6.07) is 22.6. The van der Waals surface area contributed by atoms with Gasteiger partial charge in [0.1, 0.15) is 30.5 Å². The van der Waals surface area contributed by atoms with Crippen molar-refractivity contribution in [2.75, 3.05) is 32.7 Å². The maximum Gasteiger partial charge on any atom is 0.264 e. The van der Waals surface area contributed by atoms with E-state index < -0.39 is 10.1 Å². The topological polar surface area (TPSA) is 76.0 Å². The van der Waals surface area contributed by atoms with Crippen LogP contribution in [0, 0.1) is 6.92 Å². The molecule has 0 radical (unpaired) electrons. The molecule has 8 heteroatoms.